The Labute approximate surface area is 182 Å². The van der Waals surface area contributed by atoms with Gasteiger partial charge in [-0.3, -0.25) is 14.8 Å². The Hall–Kier alpha value is -3.18. The Morgan fingerprint density at radius 3 is 2.26 bits per heavy atom. The summed E-state index contributed by atoms with van der Waals surface area (Å²) in [4.78, 5) is 26.9. The predicted molar refractivity (Wildman–Crippen MR) is 119 cm³/mol. The normalized spacial score (nSPS) is 15.4. The molecule has 162 valence electrons. The van der Waals surface area contributed by atoms with Crippen molar-refractivity contribution < 1.29 is 14.8 Å². The molecular weight excluding hydrogens is 392 g/mol. The third kappa shape index (κ3) is 6.93. The largest absolute Gasteiger partial charge is 0.339 e. The van der Waals surface area contributed by atoms with Crippen molar-refractivity contribution in [1.29, 1.82) is 0 Å². The van der Waals surface area contributed by atoms with Gasteiger partial charge in [-0.1, -0.05) is 30.0 Å². The van der Waals surface area contributed by atoms with Crippen molar-refractivity contribution in [3.63, 3.8) is 0 Å². The van der Waals surface area contributed by atoms with Gasteiger partial charge < -0.3 is 15.5 Å². The number of carbonyl (C=O) groups excluding carboxylic acids is 2. The van der Waals surface area contributed by atoms with E-state index in [-0.39, 0.29) is 18.5 Å². The molecule has 1 atom stereocenters. The SMILES string of the molecule is CN1CCC(NC[C@H](NC(=O)c2ccc(C#Cc3ccccc3)cc2)C(=O)NO)CC1. The summed E-state index contributed by atoms with van der Waals surface area (Å²) in [6, 6.07) is 15.9. The lowest BCUT2D eigenvalue weighted by molar-refractivity contribution is -0.131. The van der Waals surface area contributed by atoms with Gasteiger partial charge in [0.2, 0.25) is 0 Å². The van der Waals surface area contributed by atoms with Gasteiger partial charge in [-0.2, -0.15) is 0 Å². The fourth-order valence-corrected chi connectivity index (χ4v) is 3.40. The fourth-order valence-electron chi connectivity index (χ4n) is 3.40. The minimum atomic E-state index is -0.880. The molecule has 1 heterocycles. The lowest BCUT2D eigenvalue weighted by Gasteiger charge is -2.30. The predicted octanol–water partition coefficient (Wildman–Crippen LogP) is 1.37. The highest BCUT2D eigenvalue weighted by atomic mass is 16.5. The third-order valence-corrected chi connectivity index (χ3v) is 5.33. The number of hydroxylamine groups is 1. The number of nitrogens with zero attached hydrogens (tertiary/aromatic N) is 1. The molecule has 0 unspecified atom stereocenters. The first kappa shape index (κ1) is 22.5. The van der Waals surface area contributed by atoms with Crippen molar-refractivity contribution in [3.8, 4) is 11.8 Å². The van der Waals surface area contributed by atoms with E-state index in [1.807, 2.05) is 30.3 Å². The molecule has 1 aliphatic heterocycles. The van der Waals surface area contributed by atoms with Crippen LogP contribution in [-0.2, 0) is 4.79 Å². The molecule has 0 spiro atoms. The van der Waals surface area contributed by atoms with E-state index in [0.29, 0.717) is 5.56 Å². The molecule has 2 aromatic rings. The van der Waals surface area contributed by atoms with Crippen LogP contribution in [0.1, 0.15) is 34.3 Å². The summed E-state index contributed by atoms with van der Waals surface area (Å²) in [5.41, 5.74) is 3.76. The van der Waals surface area contributed by atoms with E-state index in [0.717, 1.165) is 37.1 Å². The van der Waals surface area contributed by atoms with Gasteiger partial charge in [0.15, 0.2) is 0 Å². The van der Waals surface area contributed by atoms with Gasteiger partial charge in [0, 0.05) is 29.3 Å². The Morgan fingerprint density at radius 1 is 1.03 bits per heavy atom. The zero-order valence-electron chi connectivity index (χ0n) is 17.6. The van der Waals surface area contributed by atoms with Gasteiger partial charge in [0.05, 0.1) is 0 Å². The van der Waals surface area contributed by atoms with Crippen LogP contribution < -0.4 is 16.1 Å². The summed E-state index contributed by atoms with van der Waals surface area (Å²) in [7, 11) is 2.08. The second kappa shape index (κ2) is 11.3. The molecule has 0 saturated carbocycles. The zero-order chi connectivity index (χ0) is 22.1. The van der Waals surface area contributed by atoms with Gasteiger partial charge in [-0.05, 0) is 69.4 Å². The van der Waals surface area contributed by atoms with E-state index in [1.165, 1.54) is 0 Å². The van der Waals surface area contributed by atoms with E-state index < -0.39 is 11.9 Å². The van der Waals surface area contributed by atoms with Crippen LogP contribution in [0.3, 0.4) is 0 Å². The van der Waals surface area contributed by atoms with Gasteiger partial charge in [0.1, 0.15) is 6.04 Å². The lowest BCUT2D eigenvalue weighted by Crippen LogP contribution is -2.53. The number of likely N-dealkylation sites (tertiary alicyclic amines) is 1. The van der Waals surface area contributed by atoms with Gasteiger partial charge in [0.25, 0.3) is 11.8 Å². The van der Waals surface area contributed by atoms with Crippen LogP contribution in [0.4, 0.5) is 0 Å². The quantitative estimate of drug-likeness (QED) is 0.322. The molecule has 7 heteroatoms. The molecule has 0 aliphatic carbocycles. The zero-order valence-corrected chi connectivity index (χ0v) is 17.6. The minimum Gasteiger partial charge on any atom is -0.339 e. The molecule has 3 rings (SSSR count). The molecule has 1 aliphatic rings. The number of piperidine rings is 1. The number of carbonyl (C=O) groups is 2. The van der Waals surface area contributed by atoms with Crippen molar-refractivity contribution in [1.82, 2.24) is 21.0 Å². The second-order valence-electron chi connectivity index (χ2n) is 7.68. The van der Waals surface area contributed by atoms with Crippen LogP contribution in [0, 0.1) is 11.8 Å². The van der Waals surface area contributed by atoms with Gasteiger partial charge in [-0.25, -0.2) is 5.48 Å². The van der Waals surface area contributed by atoms with Crippen LogP contribution in [0.25, 0.3) is 0 Å². The molecule has 1 fully saturated rings. The molecule has 4 N–H and O–H groups in total. The number of amides is 2. The van der Waals surface area contributed by atoms with Crippen LogP contribution >= 0.6 is 0 Å². The van der Waals surface area contributed by atoms with Crippen molar-refractivity contribution in [2.45, 2.75) is 24.9 Å². The van der Waals surface area contributed by atoms with E-state index in [2.05, 4.69) is 34.4 Å². The van der Waals surface area contributed by atoms with Crippen LogP contribution in [0.15, 0.2) is 54.6 Å². The summed E-state index contributed by atoms with van der Waals surface area (Å²) in [5.74, 6) is 5.09. The second-order valence-corrected chi connectivity index (χ2v) is 7.68. The Balaban J connectivity index is 1.58. The van der Waals surface area contributed by atoms with Crippen molar-refractivity contribution in [2.75, 3.05) is 26.7 Å². The number of nitrogens with one attached hydrogen (secondary N) is 3. The van der Waals surface area contributed by atoms with Gasteiger partial charge in [-0.15, -0.1) is 0 Å². The molecule has 7 nitrogen and oxygen atoms in total. The summed E-state index contributed by atoms with van der Waals surface area (Å²) in [5, 5.41) is 15.1. The maximum Gasteiger partial charge on any atom is 0.267 e. The highest BCUT2D eigenvalue weighted by Gasteiger charge is 2.23. The molecule has 0 radical (unpaired) electrons. The standard InChI is InChI=1S/C24H28N4O3/c1-28-15-13-21(14-16-28)25-17-22(24(30)27-31)26-23(29)20-11-9-19(10-12-20)8-7-18-5-3-2-4-6-18/h2-6,9-12,21-22,25,31H,13-17H2,1H3,(H,26,29)(H,27,30)/t22-/m0/s1. The van der Waals surface area contributed by atoms with Crippen molar-refractivity contribution in [2.24, 2.45) is 0 Å². The van der Waals surface area contributed by atoms with E-state index >= 15 is 0 Å². The average molecular weight is 421 g/mol. The summed E-state index contributed by atoms with van der Waals surface area (Å²) < 4.78 is 0. The maximum absolute atomic E-state index is 12.6. The lowest BCUT2D eigenvalue weighted by atomic mass is 10.1. The van der Waals surface area contributed by atoms with Gasteiger partial charge >= 0.3 is 0 Å². The summed E-state index contributed by atoms with van der Waals surface area (Å²) in [6.45, 7) is 2.22. The van der Waals surface area contributed by atoms with Crippen LogP contribution in [-0.4, -0.2) is 60.7 Å². The Morgan fingerprint density at radius 2 is 1.65 bits per heavy atom. The van der Waals surface area contributed by atoms with E-state index in [9.17, 15) is 9.59 Å². The van der Waals surface area contributed by atoms with Crippen molar-refractivity contribution >= 4 is 11.8 Å². The third-order valence-electron chi connectivity index (χ3n) is 5.33. The molecule has 0 bridgehead atoms. The Kier molecular flexibility index (Phi) is 8.19. The van der Waals surface area contributed by atoms with Crippen LogP contribution in [0.5, 0.6) is 0 Å². The monoisotopic (exact) mass is 420 g/mol. The van der Waals surface area contributed by atoms with Crippen molar-refractivity contribution in [3.05, 3.63) is 71.3 Å². The van der Waals surface area contributed by atoms with Crippen LogP contribution in [0.2, 0.25) is 0 Å². The molecule has 2 aromatic carbocycles. The average Bonchev–Trinajstić information content (AvgIpc) is 2.81. The molecular formula is C24H28N4O3. The first-order chi connectivity index (χ1) is 15.0. The molecule has 0 aromatic heterocycles. The molecule has 31 heavy (non-hydrogen) atoms. The molecule has 2 amide bonds. The number of benzene rings is 2. The smallest absolute Gasteiger partial charge is 0.267 e. The molecule has 1 saturated heterocycles. The highest BCUT2D eigenvalue weighted by Crippen LogP contribution is 2.08. The number of rotatable bonds is 6. The van der Waals surface area contributed by atoms with E-state index in [4.69, 9.17) is 5.21 Å². The summed E-state index contributed by atoms with van der Waals surface area (Å²) >= 11 is 0. The highest BCUT2D eigenvalue weighted by molar-refractivity contribution is 5.97. The topological polar surface area (TPSA) is 93.7 Å². The first-order valence-corrected chi connectivity index (χ1v) is 10.4. The summed E-state index contributed by atoms with van der Waals surface area (Å²) in [6.07, 6.45) is 1.95. The maximum atomic E-state index is 12.6. The number of hydrogen-bond acceptors (Lipinski definition) is 5. The number of hydrogen-bond donors (Lipinski definition) is 4. The van der Waals surface area contributed by atoms with E-state index in [1.54, 1.807) is 29.7 Å². The minimum absolute atomic E-state index is 0.243. The Bertz CT molecular complexity index is 927. The first-order valence-electron chi connectivity index (χ1n) is 10.4. The fraction of sp³-hybridized carbons (Fsp3) is 0.333.